The Bertz CT molecular complexity index is 772. The molecule has 0 aliphatic carbocycles. The maximum Gasteiger partial charge on any atom is 0.471 e. The first-order valence-corrected chi connectivity index (χ1v) is 7.48. The van der Waals surface area contributed by atoms with E-state index in [2.05, 4.69) is 4.98 Å². The summed E-state index contributed by atoms with van der Waals surface area (Å²) in [6, 6.07) is 0.429. The molecule has 0 saturated heterocycles. The van der Waals surface area contributed by atoms with Gasteiger partial charge < -0.3 is 10.6 Å². The Kier molecular flexibility index (Phi) is 5.13. The lowest BCUT2D eigenvalue weighted by Gasteiger charge is -2.14. The van der Waals surface area contributed by atoms with Crippen molar-refractivity contribution >= 4 is 33.2 Å². The third kappa shape index (κ3) is 5.07. The van der Waals surface area contributed by atoms with Crippen molar-refractivity contribution in [3.05, 3.63) is 12.3 Å². The highest BCUT2D eigenvalue weighted by Gasteiger charge is 2.41. The van der Waals surface area contributed by atoms with Crippen LogP contribution in [0.4, 0.5) is 37.8 Å². The van der Waals surface area contributed by atoms with Crippen LogP contribution in [0, 0.1) is 0 Å². The van der Waals surface area contributed by atoms with E-state index in [1.54, 1.807) is 0 Å². The molecule has 7 nitrogen and oxygen atoms in total. The summed E-state index contributed by atoms with van der Waals surface area (Å²) >= 11 is 0. The monoisotopic (exact) mass is 379 g/mol. The van der Waals surface area contributed by atoms with E-state index in [-0.39, 0.29) is 0 Å². The first kappa shape index (κ1) is 19.7. The van der Waals surface area contributed by atoms with Crippen LogP contribution in [0.25, 0.3) is 0 Å². The zero-order chi connectivity index (χ0) is 18.9. The average molecular weight is 379 g/mol. The molecule has 0 fully saturated rings. The van der Waals surface area contributed by atoms with Gasteiger partial charge in [0.2, 0.25) is 0 Å². The van der Waals surface area contributed by atoms with Crippen LogP contribution in [0.2, 0.25) is 0 Å². The molecule has 0 radical (unpaired) electrons. The standard InChI is InChI=1S/C10H7F6N3O4S/c1-24(22,23)4-2-5(18-7(20)9(11,12)13)6(17-3-4)19-8(21)10(14,15)16/h2-3H,1H3,(H,18,20)(H,17,19,21). The molecular weight excluding hydrogens is 372 g/mol. The molecule has 0 unspecified atom stereocenters. The maximum atomic E-state index is 12.2. The zero-order valence-electron chi connectivity index (χ0n) is 11.4. The van der Waals surface area contributed by atoms with Gasteiger partial charge in [0.25, 0.3) is 0 Å². The number of carbonyl (C=O) groups excluding carboxylic acids is 2. The number of carbonyl (C=O) groups is 2. The van der Waals surface area contributed by atoms with Crippen LogP contribution in [0.1, 0.15) is 0 Å². The molecule has 1 rings (SSSR count). The third-order valence-electron chi connectivity index (χ3n) is 2.29. The summed E-state index contributed by atoms with van der Waals surface area (Å²) in [5.74, 6) is -6.29. The van der Waals surface area contributed by atoms with Gasteiger partial charge in [-0.2, -0.15) is 26.3 Å². The predicted molar refractivity (Wildman–Crippen MR) is 66.7 cm³/mol. The van der Waals surface area contributed by atoms with Crippen molar-refractivity contribution in [2.75, 3.05) is 16.9 Å². The molecule has 0 spiro atoms. The number of sulfone groups is 1. The minimum Gasteiger partial charge on any atom is -0.315 e. The smallest absolute Gasteiger partial charge is 0.315 e. The fourth-order valence-electron chi connectivity index (χ4n) is 1.21. The Labute approximate surface area is 130 Å². The number of rotatable bonds is 3. The fraction of sp³-hybridized carbons (Fsp3) is 0.300. The number of anilines is 2. The molecule has 1 aromatic rings. The van der Waals surface area contributed by atoms with E-state index >= 15 is 0 Å². The number of halogens is 6. The second-order valence-electron chi connectivity index (χ2n) is 4.24. The first-order valence-electron chi connectivity index (χ1n) is 5.59. The van der Waals surface area contributed by atoms with Gasteiger partial charge in [0.05, 0.1) is 10.6 Å². The van der Waals surface area contributed by atoms with Crippen LogP contribution >= 0.6 is 0 Å². The second kappa shape index (κ2) is 6.26. The highest BCUT2D eigenvalue weighted by atomic mass is 32.2. The Balaban J connectivity index is 3.33. The van der Waals surface area contributed by atoms with E-state index in [1.807, 2.05) is 0 Å². The van der Waals surface area contributed by atoms with E-state index in [0.717, 1.165) is 10.6 Å². The molecule has 1 heterocycles. The van der Waals surface area contributed by atoms with Gasteiger partial charge in [-0.1, -0.05) is 0 Å². The lowest BCUT2D eigenvalue weighted by atomic mass is 10.3. The van der Waals surface area contributed by atoms with E-state index in [9.17, 15) is 44.3 Å². The maximum absolute atomic E-state index is 12.2. The van der Waals surface area contributed by atoms with Crippen LogP contribution in [0.5, 0.6) is 0 Å². The molecule has 2 amide bonds. The van der Waals surface area contributed by atoms with Crippen molar-refractivity contribution in [2.24, 2.45) is 0 Å². The van der Waals surface area contributed by atoms with Gasteiger partial charge in [-0.15, -0.1) is 0 Å². The highest BCUT2D eigenvalue weighted by Crippen LogP contribution is 2.27. The molecule has 0 saturated carbocycles. The minimum absolute atomic E-state index is 0.429. The van der Waals surface area contributed by atoms with Gasteiger partial charge in [-0.25, -0.2) is 13.4 Å². The van der Waals surface area contributed by atoms with Crippen molar-refractivity contribution in [1.82, 2.24) is 4.98 Å². The van der Waals surface area contributed by atoms with Crippen LogP contribution in [-0.4, -0.2) is 43.8 Å². The van der Waals surface area contributed by atoms with Crippen molar-refractivity contribution in [3.8, 4) is 0 Å². The Morgan fingerprint density at radius 1 is 1.00 bits per heavy atom. The number of nitrogens with one attached hydrogen (secondary N) is 2. The third-order valence-corrected chi connectivity index (χ3v) is 3.37. The molecule has 2 N–H and O–H groups in total. The fourth-order valence-corrected chi connectivity index (χ4v) is 1.79. The van der Waals surface area contributed by atoms with Gasteiger partial charge in [0.15, 0.2) is 15.7 Å². The summed E-state index contributed by atoms with van der Waals surface area (Å²) < 4.78 is 95.9. The lowest BCUT2D eigenvalue weighted by Crippen LogP contribution is -2.33. The van der Waals surface area contributed by atoms with Crippen molar-refractivity contribution < 1.29 is 44.3 Å². The Hall–Kier alpha value is -2.38. The quantitative estimate of drug-likeness (QED) is 0.775. The molecular formula is C10H7F6N3O4S. The summed E-state index contributed by atoms with van der Waals surface area (Å²) in [6.07, 6.45) is -9.65. The number of hydrogen-bond acceptors (Lipinski definition) is 5. The number of alkyl halides is 6. The van der Waals surface area contributed by atoms with Gasteiger partial charge >= 0.3 is 24.2 Å². The largest absolute Gasteiger partial charge is 0.471 e. The first-order chi connectivity index (χ1) is 10.6. The highest BCUT2D eigenvalue weighted by molar-refractivity contribution is 7.90. The van der Waals surface area contributed by atoms with Crippen molar-refractivity contribution in [1.29, 1.82) is 0 Å². The number of pyridine rings is 1. The molecule has 24 heavy (non-hydrogen) atoms. The van der Waals surface area contributed by atoms with Crippen LogP contribution in [0.3, 0.4) is 0 Å². The van der Waals surface area contributed by atoms with Crippen LogP contribution in [-0.2, 0) is 19.4 Å². The molecule has 0 aliphatic heterocycles. The predicted octanol–water partition coefficient (Wildman–Crippen LogP) is 1.49. The van der Waals surface area contributed by atoms with Crippen molar-refractivity contribution in [2.45, 2.75) is 17.2 Å². The van der Waals surface area contributed by atoms with E-state index < -0.39 is 50.4 Å². The summed E-state index contributed by atoms with van der Waals surface area (Å²) in [5.41, 5.74) is -1.07. The Morgan fingerprint density at radius 3 is 1.88 bits per heavy atom. The zero-order valence-corrected chi connectivity index (χ0v) is 12.2. The molecule has 14 heteroatoms. The van der Waals surface area contributed by atoms with Crippen LogP contribution < -0.4 is 10.6 Å². The molecule has 134 valence electrons. The Morgan fingerprint density at radius 2 is 1.46 bits per heavy atom. The number of aromatic nitrogens is 1. The van der Waals surface area contributed by atoms with Gasteiger partial charge in [-0.3, -0.25) is 9.59 Å². The van der Waals surface area contributed by atoms with Crippen LogP contribution in [0.15, 0.2) is 17.2 Å². The SMILES string of the molecule is CS(=O)(=O)c1cnc(NC(=O)C(F)(F)F)c(NC(=O)C(F)(F)F)c1. The summed E-state index contributed by atoms with van der Waals surface area (Å²) in [6.45, 7) is 0. The summed E-state index contributed by atoms with van der Waals surface area (Å²) in [5, 5.41) is 2.28. The van der Waals surface area contributed by atoms with Crippen molar-refractivity contribution in [3.63, 3.8) is 0 Å². The molecule has 1 aromatic heterocycles. The van der Waals surface area contributed by atoms with E-state index in [4.69, 9.17) is 0 Å². The van der Waals surface area contributed by atoms with E-state index in [0.29, 0.717) is 18.5 Å². The van der Waals surface area contributed by atoms with E-state index in [1.165, 1.54) is 0 Å². The number of nitrogens with zero attached hydrogens (tertiary/aromatic N) is 1. The second-order valence-corrected chi connectivity index (χ2v) is 6.26. The average Bonchev–Trinajstić information content (AvgIpc) is 2.37. The van der Waals surface area contributed by atoms with Gasteiger partial charge in [0.1, 0.15) is 0 Å². The number of amides is 2. The summed E-state index contributed by atoms with van der Waals surface area (Å²) in [4.78, 5) is 24.2. The molecule has 0 aliphatic rings. The topological polar surface area (TPSA) is 105 Å². The summed E-state index contributed by atoms with van der Waals surface area (Å²) in [7, 11) is -4.00. The molecule has 0 atom stereocenters. The van der Waals surface area contributed by atoms with Gasteiger partial charge in [0, 0.05) is 12.5 Å². The number of hydrogen-bond donors (Lipinski definition) is 2. The molecule has 0 bridgehead atoms. The minimum atomic E-state index is -5.41. The van der Waals surface area contributed by atoms with Gasteiger partial charge in [-0.05, 0) is 6.07 Å². The lowest BCUT2D eigenvalue weighted by molar-refractivity contribution is -0.167. The normalized spacial score (nSPS) is 12.6. The molecule has 0 aromatic carbocycles.